The fourth-order valence-corrected chi connectivity index (χ4v) is 4.49. The van der Waals surface area contributed by atoms with E-state index >= 15 is 0 Å². The topological polar surface area (TPSA) is 70.2 Å². The van der Waals surface area contributed by atoms with Gasteiger partial charge in [-0.3, -0.25) is 4.79 Å². The lowest BCUT2D eigenvalue weighted by molar-refractivity contribution is 0.0942. The normalized spacial score (nSPS) is 18.4. The second-order valence-corrected chi connectivity index (χ2v) is 9.10. The van der Waals surface area contributed by atoms with E-state index in [4.69, 9.17) is 9.97 Å². The zero-order valence-corrected chi connectivity index (χ0v) is 19.5. The highest BCUT2D eigenvalue weighted by Crippen LogP contribution is 2.28. The van der Waals surface area contributed by atoms with Crippen LogP contribution in [0.15, 0.2) is 42.5 Å². The molecule has 0 bridgehead atoms. The summed E-state index contributed by atoms with van der Waals surface area (Å²) in [6.45, 7) is 4.79. The molecule has 1 fully saturated rings. The second kappa shape index (κ2) is 9.55. The van der Waals surface area contributed by atoms with Crippen molar-refractivity contribution < 1.29 is 4.79 Å². The molecule has 6 nitrogen and oxygen atoms in total. The fourth-order valence-electron chi connectivity index (χ4n) is 4.49. The van der Waals surface area contributed by atoms with E-state index in [1.54, 1.807) is 0 Å². The second-order valence-electron chi connectivity index (χ2n) is 9.10. The van der Waals surface area contributed by atoms with Crippen LogP contribution in [0.4, 0.5) is 11.8 Å². The number of benzene rings is 2. The van der Waals surface area contributed by atoms with Crippen molar-refractivity contribution in [2.45, 2.75) is 45.6 Å². The molecule has 1 amide bonds. The molecular formula is C26H33N5O. The van der Waals surface area contributed by atoms with Crippen LogP contribution < -0.4 is 15.5 Å². The minimum absolute atomic E-state index is 0.0345. The number of nitrogens with one attached hydrogen (secondary N) is 2. The maximum atomic E-state index is 12.6. The summed E-state index contributed by atoms with van der Waals surface area (Å²) < 4.78 is 0. The number of carbonyl (C=O) groups is 1. The van der Waals surface area contributed by atoms with Gasteiger partial charge in [-0.1, -0.05) is 24.3 Å². The van der Waals surface area contributed by atoms with Crippen molar-refractivity contribution in [1.82, 2.24) is 15.3 Å². The summed E-state index contributed by atoms with van der Waals surface area (Å²) in [6, 6.07) is 14.4. The van der Waals surface area contributed by atoms with E-state index in [1.807, 2.05) is 69.2 Å². The Morgan fingerprint density at radius 2 is 1.75 bits per heavy atom. The van der Waals surface area contributed by atoms with Gasteiger partial charge in [0.15, 0.2) is 0 Å². The van der Waals surface area contributed by atoms with E-state index in [9.17, 15) is 4.79 Å². The van der Waals surface area contributed by atoms with Crippen LogP contribution in [0.2, 0.25) is 0 Å². The average Bonchev–Trinajstić information content (AvgIpc) is 2.79. The zero-order chi connectivity index (χ0) is 22.7. The number of anilines is 2. The number of nitrogens with zero attached hydrogens (tertiary/aromatic N) is 3. The first kappa shape index (κ1) is 22.1. The fraction of sp³-hybridized carbons (Fsp3) is 0.423. The number of hydrogen-bond acceptors (Lipinski definition) is 5. The maximum absolute atomic E-state index is 12.6. The monoisotopic (exact) mass is 431 g/mol. The molecule has 3 aromatic rings. The summed E-state index contributed by atoms with van der Waals surface area (Å²) in [6.07, 6.45) is 4.27. The van der Waals surface area contributed by atoms with Crippen LogP contribution in [0, 0.1) is 19.8 Å². The molecule has 1 heterocycles. The molecule has 168 valence electrons. The third-order valence-corrected chi connectivity index (χ3v) is 6.59. The van der Waals surface area contributed by atoms with Crippen molar-refractivity contribution >= 4 is 28.6 Å². The summed E-state index contributed by atoms with van der Waals surface area (Å²) in [5, 5.41) is 7.77. The number of hydrogen-bond donors (Lipinski definition) is 2. The standard InChI is InChI=1S/C26H33N5O/c1-17-8-7-10-21(18(17)2)25(32)27-16-19-12-14-20(15-13-19)28-26-29-23-11-6-5-9-22(23)24(30-26)31(3)4/h5-11,19-20H,12-16H2,1-4H3,(H,27,32)(H,28,29,30)/t19-,20+. The maximum Gasteiger partial charge on any atom is 0.251 e. The van der Waals surface area contributed by atoms with E-state index in [-0.39, 0.29) is 5.91 Å². The quantitative estimate of drug-likeness (QED) is 0.591. The highest BCUT2D eigenvalue weighted by molar-refractivity contribution is 5.95. The van der Waals surface area contributed by atoms with E-state index in [2.05, 4.69) is 16.7 Å². The molecule has 0 atom stereocenters. The van der Waals surface area contributed by atoms with Crippen molar-refractivity contribution in [3.63, 3.8) is 0 Å². The van der Waals surface area contributed by atoms with Crippen LogP contribution in [0.25, 0.3) is 10.9 Å². The predicted molar refractivity (Wildman–Crippen MR) is 131 cm³/mol. The number of para-hydroxylation sites is 1. The van der Waals surface area contributed by atoms with Gasteiger partial charge >= 0.3 is 0 Å². The zero-order valence-electron chi connectivity index (χ0n) is 19.5. The molecular weight excluding hydrogens is 398 g/mol. The third-order valence-electron chi connectivity index (χ3n) is 6.59. The molecule has 0 aliphatic heterocycles. The highest BCUT2D eigenvalue weighted by Gasteiger charge is 2.23. The van der Waals surface area contributed by atoms with Gasteiger partial charge in [-0.15, -0.1) is 0 Å². The number of aryl methyl sites for hydroxylation is 1. The SMILES string of the molecule is Cc1cccc(C(=O)NC[C@H]2CC[C@@H](Nc3nc(N(C)C)c4ccccc4n3)CC2)c1C. The van der Waals surface area contributed by atoms with Crippen LogP contribution in [0.1, 0.15) is 47.2 Å². The Morgan fingerprint density at radius 1 is 1.00 bits per heavy atom. The van der Waals surface area contributed by atoms with Crippen molar-refractivity contribution in [2.24, 2.45) is 5.92 Å². The van der Waals surface area contributed by atoms with Gasteiger partial charge in [0.2, 0.25) is 5.95 Å². The van der Waals surface area contributed by atoms with Crippen LogP contribution in [0.5, 0.6) is 0 Å². The lowest BCUT2D eigenvalue weighted by Gasteiger charge is -2.29. The van der Waals surface area contributed by atoms with Gasteiger partial charge in [-0.2, -0.15) is 4.98 Å². The minimum Gasteiger partial charge on any atom is -0.362 e. The molecule has 0 spiro atoms. The van der Waals surface area contributed by atoms with Gasteiger partial charge < -0.3 is 15.5 Å². The van der Waals surface area contributed by atoms with Crippen LogP contribution >= 0.6 is 0 Å². The molecule has 6 heteroatoms. The third kappa shape index (κ3) is 4.85. The molecule has 2 aromatic carbocycles. The van der Waals surface area contributed by atoms with Crippen molar-refractivity contribution in [2.75, 3.05) is 30.9 Å². The van der Waals surface area contributed by atoms with Gasteiger partial charge in [0.05, 0.1) is 5.52 Å². The Balaban J connectivity index is 1.32. The number of rotatable bonds is 6. The minimum atomic E-state index is 0.0345. The first-order chi connectivity index (χ1) is 15.4. The molecule has 4 rings (SSSR count). The Kier molecular flexibility index (Phi) is 6.58. The number of carbonyl (C=O) groups excluding carboxylic acids is 1. The van der Waals surface area contributed by atoms with Gasteiger partial charge in [0.25, 0.3) is 5.91 Å². The number of aromatic nitrogens is 2. The molecule has 1 saturated carbocycles. The highest BCUT2D eigenvalue weighted by atomic mass is 16.1. The molecule has 0 radical (unpaired) electrons. The predicted octanol–water partition coefficient (Wildman–Crippen LogP) is 4.71. The summed E-state index contributed by atoms with van der Waals surface area (Å²) in [4.78, 5) is 24.2. The van der Waals surface area contributed by atoms with E-state index < -0.39 is 0 Å². The number of fused-ring (bicyclic) bond motifs is 1. The molecule has 2 N–H and O–H groups in total. The average molecular weight is 432 g/mol. The molecule has 0 saturated heterocycles. The van der Waals surface area contributed by atoms with Gasteiger partial charge in [0.1, 0.15) is 5.82 Å². The summed E-state index contributed by atoms with van der Waals surface area (Å²) in [5.41, 5.74) is 3.95. The Bertz CT molecular complexity index is 1100. The van der Waals surface area contributed by atoms with E-state index in [1.165, 1.54) is 0 Å². The van der Waals surface area contributed by atoms with Crippen LogP contribution in [-0.4, -0.2) is 42.6 Å². The molecule has 1 aromatic heterocycles. The largest absolute Gasteiger partial charge is 0.362 e. The van der Waals surface area contributed by atoms with Gasteiger partial charge in [-0.05, 0) is 74.8 Å². The van der Waals surface area contributed by atoms with Gasteiger partial charge in [0, 0.05) is 37.6 Å². The summed E-state index contributed by atoms with van der Waals surface area (Å²) >= 11 is 0. The summed E-state index contributed by atoms with van der Waals surface area (Å²) in [7, 11) is 4.02. The summed E-state index contributed by atoms with van der Waals surface area (Å²) in [5.74, 6) is 2.17. The van der Waals surface area contributed by atoms with Gasteiger partial charge in [-0.25, -0.2) is 4.98 Å². The van der Waals surface area contributed by atoms with E-state index in [0.717, 1.165) is 65.6 Å². The van der Waals surface area contributed by atoms with Crippen LogP contribution in [0.3, 0.4) is 0 Å². The Hall–Kier alpha value is -3.15. The molecule has 0 unspecified atom stereocenters. The molecule has 1 aliphatic carbocycles. The van der Waals surface area contributed by atoms with E-state index in [0.29, 0.717) is 17.9 Å². The van der Waals surface area contributed by atoms with Crippen LogP contribution in [-0.2, 0) is 0 Å². The lowest BCUT2D eigenvalue weighted by atomic mass is 9.86. The number of amides is 1. The Morgan fingerprint density at radius 3 is 2.50 bits per heavy atom. The Labute approximate surface area is 190 Å². The lowest BCUT2D eigenvalue weighted by Crippen LogP contribution is -2.34. The van der Waals surface area contributed by atoms with Crippen molar-refractivity contribution in [3.05, 3.63) is 59.2 Å². The molecule has 1 aliphatic rings. The van der Waals surface area contributed by atoms with Crippen molar-refractivity contribution in [1.29, 1.82) is 0 Å². The first-order valence-electron chi connectivity index (χ1n) is 11.5. The first-order valence-corrected chi connectivity index (χ1v) is 11.5. The molecule has 32 heavy (non-hydrogen) atoms. The smallest absolute Gasteiger partial charge is 0.251 e. The van der Waals surface area contributed by atoms with Crippen molar-refractivity contribution in [3.8, 4) is 0 Å².